The molecule has 0 aliphatic rings. The number of nitrogens with one attached hydrogen (secondary N) is 1. The molecule has 0 fully saturated rings. The first-order valence-electron chi connectivity index (χ1n) is 11.1. The van der Waals surface area contributed by atoms with Crippen LogP contribution < -0.4 is 9.62 Å². The predicted octanol–water partition coefficient (Wildman–Crippen LogP) is 3.11. The highest BCUT2D eigenvalue weighted by atomic mass is 32.2. The van der Waals surface area contributed by atoms with Gasteiger partial charge in [0.05, 0.1) is 11.9 Å². The van der Waals surface area contributed by atoms with Crippen LogP contribution in [0.2, 0.25) is 0 Å². The average Bonchev–Trinajstić information content (AvgIpc) is 2.80. The van der Waals surface area contributed by atoms with Gasteiger partial charge in [-0.3, -0.25) is 13.9 Å². The molecule has 2 rings (SSSR count). The number of halogens is 2. The van der Waals surface area contributed by atoms with Gasteiger partial charge in [0.15, 0.2) is 11.6 Å². The van der Waals surface area contributed by atoms with E-state index in [1.165, 1.54) is 4.90 Å². The molecule has 0 spiro atoms. The Hall–Kier alpha value is -3.01. The molecule has 0 aliphatic carbocycles. The molecule has 0 saturated carbocycles. The molecule has 0 heterocycles. The van der Waals surface area contributed by atoms with E-state index in [0.717, 1.165) is 36.4 Å². The molecule has 186 valence electrons. The minimum atomic E-state index is -4.01. The summed E-state index contributed by atoms with van der Waals surface area (Å²) < 4.78 is 52.8. The fourth-order valence-electron chi connectivity index (χ4n) is 3.52. The van der Waals surface area contributed by atoms with Crippen molar-refractivity contribution in [2.75, 3.05) is 30.2 Å². The van der Waals surface area contributed by atoms with Gasteiger partial charge >= 0.3 is 0 Å². The summed E-state index contributed by atoms with van der Waals surface area (Å²) in [5.41, 5.74) is 0.769. The molecule has 10 heteroatoms. The van der Waals surface area contributed by atoms with Crippen LogP contribution in [0.5, 0.6) is 0 Å². The Kier molecular flexibility index (Phi) is 9.97. The first kappa shape index (κ1) is 27.2. The van der Waals surface area contributed by atoms with Gasteiger partial charge in [-0.25, -0.2) is 17.2 Å². The first-order valence-corrected chi connectivity index (χ1v) is 13.0. The quantitative estimate of drug-likeness (QED) is 0.490. The van der Waals surface area contributed by atoms with Crippen LogP contribution in [0.25, 0.3) is 0 Å². The normalized spacial score (nSPS) is 12.1. The number of nitrogens with zero attached hydrogens (tertiary/aromatic N) is 2. The average molecular weight is 496 g/mol. The Morgan fingerprint density at radius 2 is 1.71 bits per heavy atom. The molecule has 0 bridgehead atoms. The molecule has 2 aromatic rings. The number of sulfonamides is 1. The van der Waals surface area contributed by atoms with E-state index in [0.29, 0.717) is 23.7 Å². The summed E-state index contributed by atoms with van der Waals surface area (Å²) >= 11 is 0. The van der Waals surface area contributed by atoms with Crippen LogP contribution in [0.15, 0.2) is 48.5 Å². The molecule has 1 N–H and O–H groups in total. The lowest BCUT2D eigenvalue weighted by Gasteiger charge is -2.32. The predicted molar refractivity (Wildman–Crippen MR) is 128 cm³/mol. The second-order valence-corrected chi connectivity index (χ2v) is 9.81. The van der Waals surface area contributed by atoms with Crippen molar-refractivity contribution in [3.8, 4) is 0 Å². The molecule has 2 amide bonds. The van der Waals surface area contributed by atoms with Crippen LogP contribution in [0.3, 0.4) is 0 Å². The van der Waals surface area contributed by atoms with Gasteiger partial charge in [0, 0.05) is 19.2 Å². The molecule has 1 unspecified atom stereocenters. The molecule has 0 radical (unpaired) electrons. The number of anilines is 1. The van der Waals surface area contributed by atoms with E-state index in [1.807, 2.05) is 37.3 Å². The Balaban J connectivity index is 2.36. The van der Waals surface area contributed by atoms with Crippen LogP contribution in [-0.2, 0) is 26.0 Å². The maximum Gasteiger partial charge on any atom is 0.244 e. The Morgan fingerprint density at radius 3 is 2.26 bits per heavy atom. The molecule has 34 heavy (non-hydrogen) atoms. The number of amides is 2. The third-order valence-electron chi connectivity index (χ3n) is 5.29. The molecule has 2 aromatic carbocycles. The third-order valence-corrected chi connectivity index (χ3v) is 6.43. The summed E-state index contributed by atoms with van der Waals surface area (Å²) in [6.07, 6.45) is 2.37. The Labute approximate surface area is 199 Å². The maximum absolute atomic E-state index is 13.8. The van der Waals surface area contributed by atoms with Gasteiger partial charge in [-0.1, -0.05) is 44.2 Å². The van der Waals surface area contributed by atoms with Gasteiger partial charge in [0.1, 0.15) is 12.6 Å². The van der Waals surface area contributed by atoms with Crippen LogP contribution >= 0.6 is 0 Å². The number of rotatable bonds is 12. The SMILES string of the molecule is CCCNC(=O)C(CC)N(CCc1ccccc1)C(=O)CN(c1ccc(F)c(F)c1)S(C)(=O)=O. The topological polar surface area (TPSA) is 86.8 Å². The van der Waals surface area contributed by atoms with E-state index >= 15 is 0 Å². The van der Waals surface area contributed by atoms with Gasteiger partial charge in [-0.15, -0.1) is 0 Å². The zero-order chi connectivity index (χ0) is 25.3. The van der Waals surface area contributed by atoms with E-state index in [4.69, 9.17) is 0 Å². The highest BCUT2D eigenvalue weighted by Gasteiger charge is 2.31. The largest absolute Gasteiger partial charge is 0.354 e. The molecule has 0 aliphatic heterocycles. The van der Waals surface area contributed by atoms with E-state index in [1.54, 1.807) is 6.92 Å². The van der Waals surface area contributed by atoms with Crippen LogP contribution in [0.1, 0.15) is 32.3 Å². The van der Waals surface area contributed by atoms with Crippen molar-refractivity contribution >= 4 is 27.5 Å². The zero-order valence-corrected chi connectivity index (χ0v) is 20.4. The molecular weight excluding hydrogens is 464 g/mol. The highest BCUT2D eigenvalue weighted by molar-refractivity contribution is 7.92. The first-order chi connectivity index (χ1) is 16.1. The van der Waals surface area contributed by atoms with Crippen LogP contribution in [-0.4, -0.2) is 57.1 Å². The lowest BCUT2D eigenvalue weighted by atomic mass is 10.1. The van der Waals surface area contributed by atoms with Crippen molar-refractivity contribution in [3.63, 3.8) is 0 Å². The van der Waals surface area contributed by atoms with E-state index in [9.17, 15) is 26.8 Å². The van der Waals surface area contributed by atoms with Crippen molar-refractivity contribution in [2.45, 2.75) is 39.2 Å². The summed E-state index contributed by atoms with van der Waals surface area (Å²) in [4.78, 5) is 27.6. The number of hydrogen-bond donors (Lipinski definition) is 1. The smallest absolute Gasteiger partial charge is 0.244 e. The summed E-state index contributed by atoms with van der Waals surface area (Å²) in [5.74, 6) is -3.31. The standard InChI is InChI=1S/C24H31F2N3O4S/c1-4-14-27-24(31)22(5-2)28(15-13-18-9-7-6-8-10-18)23(30)17-29(34(3,32)33)19-11-12-20(25)21(26)16-19/h6-12,16,22H,4-5,13-15,17H2,1-3H3,(H,27,31). The Morgan fingerprint density at radius 1 is 1.03 bits per heavy atom. The number of carbonyl (C=O) groups excluding carboxylic acids is 2. The molecule has 7 nitrogen and oxygen atoms in total. The van der Waals surface area contributed by atoms with Crippen molar-refractivity contribution < 1.29 is 26.8 Å². The summed E-state index contributed by atoms with van der Waals surface area (Å²) in [6.45, 7) is 3.64. The fourth-order valence-corrected chi connectivity index (χ4v) is 4.36. The lowest BCUT2D eigenvalue weighted by molar-refractivity contribution is -0.139. The monoisotopic (exact) mass is 495 g/mol. The molecule has 0 aromatic heterocycles. The lowest BCUT2D eigenvalue weighted by Crippen LogP contribution is -2.53. The summed E-state index contributed by atoms with van der Waals surface area (Å²) in [5, 5.41) is 2.79. The van der Waals surface area contributed by atoms with Crippen molar-refractivity contribution in [1.82, 2.24) is 10.2 Å². The number of benzene rings is 2. The van der Waals surface area contributed by atoms with Crippen molar-refractivity contribution in [2.24, 2.45) is 0 Å². The summed E-state index contributed by atoms with van der Waals surface area (Å²) in [6, 6.07) is 11.2. The second kappa shape index (κ2) is 12.5. The van der Waals surface area contributed by atoms with E-state index < -0.39 is 40.2 Å². The number of hydrogen-bond acceptors (Lipinski definition) is 4. The second-order valence-electron chi connectivity index (χ2n) is 7.91. The minimum Gasteiger partial charge on any atom is -0.354 e. The molecule has 1 atom stereocenters. The number of carbonyl (C=O) groups is 2. The Bertz CT molecular complexity index is 1080. The van der Waals surface area contributed by atoms with Crippen molar-refractivity contribution in [3.05, 3.63) is 65.7 Å². The highest BCUT2D eigenvalue weighted by Crippen LogP contribution is 2.21. The van der Waals surface area contributed by atoms with Gasteiger partial charge in [0.25, 0.3) is 0 Å². The zero-order valence-electron chi connectivity index (χ0n) is 19.6. The minimum absolute atomic E-state index is 0.177. The van der Waals surface area contributed by atoms with E-state index in [2.05, 4.69) is 5.32 Å². The van der Waals surface area contributed by atoms with E-state index in [-0.39, 0.29) is 18.1 Å². The van der Waals surface area contributed by atoms with Gasteiger partial charge < -0.3 is 10.2 Å². The molecular formula is C24H31F2N3O4S. The van der Waals surface area contributed by atoms with Gasteiger partial charge in [-0.2, -0.15) is 0 Å². The van der Waals surface area contributed by atoms with Crippen LogP contribution in [0.4, 0.5) is 14.5 Å². The molecule has 0 saturated heterocycles. The van der Waals surface area contributed by atoms with Gasteiger partial charge in [0.2, 0.25) is 21.8 Å². The third kappa shape index (κ3) is 7.51. The fraction of sp³-hybridized carbons (Fsp3) is 0.417. The summed E-state index contributed by atoms with van der Waals surface area (Å²) in [7, 11) is -4.01. The van der Waals surface area contributed by atoms with Crippen molar-refractivity contribution in [1.29, 1.82) is 0 Å². The van der Waals surface area contributed by atoms with Crippen LogP contribution in [0, 0.1) is 11.6 Å². The van der Waals surface area contributed by atoms with Gasteiger partial charge in [-0.05, 0) is 37.0 Å². The maximum atomic E-state index is 13.8.